The molecule has 0 aliphatic heterocycles. The molecule has 0 fully saturated rings. The number of hydrogen-bond donors (Lipinski definition) is 2. The Morgan fingerprint density at radius 2 is 2.09 bits per heavy atom. The van der Waals surface area contributed by atoms with Crippen LogP contribution in [0.4, 0.5) is 0 Å². The molecule has 0 aromatic carbocycles. The van der Waals surface area contributed by atoms with E-state index in [9.17, 15) is 9.59 Å². The number of alkyl halides is 1. The summed E-state index contributed by atoms with van der Waals surface area (Å²) >= 11 is 1.84. The van der Waals surface area contributed by atoms with Gasteiger partial charge in [-0.15, -0.1) is 0 Å². The fourth-order valence-electron chi connectivity index (χ4n) is 0.527. The minimum atomic E-state index is -0.895. The molecule has 3 N–H and O–H groups in total. The highest BCUT2D eigenvalue weighted by atomic mass is 127. The smallest absolute Gasteiger partial charge is 0.306 e. The molecule has 1 amide bonds. The van der Waals surface area contributed by atoms with Crippen LogP contribution in [0.1, 0.15) is 13.3 Å². The fourth-order valence-corrected chi connectivity index (χ4v) is 1.29. The minimum absolute atomic E-state index is 0.297. The number of rotatable bonds is 4. The molecule has 5 heteroatoms. The van der Waals surface area contributed by atoms with Crippen molar-refractivity contribution in [3.05, 3.63) is 0 Å². The van der Waals surface area contributed by atoms with Gasteiger partial charge in [0.25, 0.3) is 0 Å². The van der Waals surface area contributed by atoms with Gasteiger partial charge in [0.05, 0.1) is 9.84 Å². The number of halogens is 1. The molecule has 0 saturated heterocycles. The Hall–Kier alpha value is -0.330. The van der Waals surface area contributed by atoms with E-state index >= 15 is 0 Å². The number of primary amides is 1. The van der Waals surface area contributed by atoms with Crippen molar-refractivity contribution in [1.29, 1.82) is 0 Å². The molecule has 0 rings (SSSR count). The third-order valence-electron chi connectivity index (χ3n) is 1.29. The number of nitrogens with two attached hydrogens (primary N) is 1. The lowest BCUT2D eigenvalue weighted by Crippen LogP contribution is -2.26. The van der Waals surface area contributed by atoms with E-state index in [1.54, 1.807) is 6.92 Å². The van der Waals surface area contributed by atoms with E-state index in [1.165, 1.54) is 0 Å². The maximum Gasteiger partial charge on any atom is 0.306 e. The van der Waals surface area contributed by atoms with Gasteiger partial charge >= 0.3 is 5.97 Å². The van der Waals surface area contributed by atoms with E-state index in [2.05, 4.69) is 0 Å². The second-order valence-corrected chi connectivity index (χ2v) is 3.85. The van der Waals surface area contributed by atoms with Crippen LogP contribution in [0.2, 0.25) is 0 Å². The summed E-state index contributed by atoms with van der Waals surface area (Å²) in [4.78, 5) is 20.8. The molecule has 0 saturated carbocycles. The van der Waals surface area contributed by atoms with Crippen LogP contribution in [0.15, 0.2) is 0 Å². The third-order valence-corrected chi connectivity index (χ3v) is 2.41. The minimum Gasteiger partial charge on any atom is -0.481 e. The Morgan fingerprint density at radius 1 is 1.64 bits per heavy atom. The Morgan fingerprint density at radius 3 is 2.36 bits per heavy atom. The normalized spacial score (nSPS) is 15.5. The Labute approximate surface area is 78.3 Å². The van der Waals surface area contributed by atoms with Crippen molar-refractivity contribution < 1.29 is 14.7 Å². The number of carbonyl (C=O) groups excluding carboxylic acids is 1. The van der Waals surface area contributed by atoms with Crippen molar-refractivity contribution in [2.24, 2.45) is 11.7 Å². The zero-order valence-electron chi connectivity index (χ0n) is 6.08. The van der Waals surface area contributed by atoms with Crippen molar-refractivity contribution in [2.75, 3.05) is 0 Å². The van der Waals surface area contributed by atoms with Gasteiger partial charge in [0, 0.05) is 0 Å². The monoisotopic (exact) mass is 271 g/mol. The first-order chi connectivity index (χ1) is 4.95. The van der Waals surface area contributed by atoms with Gasteiger partial charge in [-0.1, -0.05) is 29.5 Å². The topological polar surface area (TPSA) is 80.4 Å². The van der Waals surface area contributed by atoms with Crippen LogP contribution in [0.3, 0.4) is 0 Å². The molecule has 64 valence electrons. The lowest BCUT2D eigenvalue weighted by Gasteiger charge is -2.08. The van der Waals surface area contributed by atoms with Gasteiger partial charge < -0.3 is 10.8 Å². The van der Waals surface area contributed by atoms with E-state index in [0.29, 0.717) is 6.42 Å². The summed E-state index contributed by atoms with van der Waals surface area (Å²) in [5, 5.41) is 8.46. The summed E-state index contributed by atoms with van der Waals surface area (Å²) in [6.07, 6.45) is 0.297. The third kappa shape index (κ3) is 4.18. The number of carboxylic acid groups (broad SMARTS) is 1. The van der Waals surface area contributed by atoms with Gasteiger partial charge in [0.2, 0.25) is 5.91 Å². The van der Waals surface area contributed by atoms with Crippen LogP contribution in [0, 0.1) is 5.92 Å². The van der Waals surface area contributed by atoms with Crippen LogP contribution >= 0.6 is 22.6 Å². The van der Waals surface area contributed by atoms with Gasteiger partial charge in [-0.3, -0.25) is 9.59 Å². The Kier molecular flexibility index (Phi) is 4.39. The van der Waals surface area contributed by atoms with E-state index in [1.807, 2.05) is 22.6 Å². The highest BCUT2D eigenvalue weighted by Gasteiger charge is 2.19. The molecule has 11 heavy (non-hydrogen) atoms. The first kappa shape index (κ1) is 10.7. The maximum atomic E-state index is 10.5. The standard InChI is InChI=1S/C6H10INO3/c1-3(6(10)11)2-4(7)5(8)9/h3-4H,2H2,1H3,(H2,8,9)(H,10,11)/t3-,4?/m0/s1. The van der Waals surface area contributed by atoms with Crippen LogP contribution in [-0.2, 0) is 9.59 Å². The van der Waals surface area contributed by atoms with E-state index in [-0.39, 0.29) is 0 Å². The summed E-state index contributed by atoms with van der Waals surface area (Å²) in [7, 11) is 0. The number of carboxylic acids is 1. The maximum absolute atomic E-state index is 10.5. The lowest BCUT2D eigenvalue weighted by molar-refractivity contribution is -0.141. The molecular weight excluding hydrogens is 261 g/mol. The zero-order chi connectivity index (χ0) is 9.02. The second-order valence-electron chi connectivity index (χ2n) is 2.34. The fraction of sp³-hybridized carbons (Fsp3) is 0.667. The van der Waals surface area contributed by atoms with Crippen LogP contribution in [-0.4, -0.2) is 20.9 Å². The molecule has 0 aliphatic rings. The predicted molar refractivity (Wildman–Crippen MR) is 48.4 cm³/mol. The van der Waals surface area contributed by atoms with Crippen molar-refractivity contribution in [1.82, 2.24) is 0 Å². The average molecular weight is 271 g/mol. The summed E-state index contributed by atoms with van der Waals surface area (Å²) in [5.74, 6) is -1.86. The highest BCUT2D eigenvalue weighted by molar-refractivity contribution is 14.1. The first-order valence-electron chi connectivity index (χ1n) is 3.11. The van der Waals surface area contributed by atoms with E-state index in [0.717, 1.165) is 0 Å². The van der Waals surface area contributed by atoms with Gasteiger partial charge in [-0.2, -0.15) is 0 Å². The van der Waals surface area contributed by atoms with Crippen molar-refractivity contribution in [3.63, 3.8) is 0 Å². The van der Waals surface area contributed by atoms with E-state index < -0.39 is 21.7 Å². The Balaban J connectivity index is 3.84. The van der Waals surface area contributed by atoms with Gasteiger partial charge in [-0.25, -0.2) is 0 Å². The molecule has 4 nitrogen and oxygen atoms in total. The number of amides is 1. The van der Waals surface area contributed by atoms with Crippen molar-refractivity contribution in [2.45, 2.75) is 17.3 Å². The molecule has 0 aliphatic carbocycles. The Bertz CT molecular complexity index is 153. The summed E-state index contributed by atoms with van der Waals surface area (Å²) in [6, 6.07) is 0. The summed E-state index contributed by atoms with van der Waals surface area (Å²) in [6.45, 7) is 1.55. The van der Waals surface area contributed by atoms with Crippen LogP contribution in [0.5, 0.6) is 0 Å². The molecular formula is C6H10INO3. The van der Waals surface area contributed by atoms with Gasteiger partial charge in [0.15, 0.2) is 0 Å². The largest absolute Gasteiger partial charge is 0.481 e. The molecule has 0 radical (unpaired) electrons. The number of hydrogen-bond acceptors (Lipinski definition) is 2. The van der Waals surface area contributed by atoms with Crippen LogP contribution < -0.4 is 5.73 Å². The molecule has 0 spiro atoms. The highest BCUT2D eigenvalue weighted by Crippen LogP contribution is 2.13. The molecule has 0 heterocycles. The van der Waals surface area contributed by atoms with Gasteiger partial charge in [0.1, 0.15) is 0 Å². The first-order valence-corrected chi connectivity index (χ1v) is 4.36. The second kappa shape index (κ2) is 4.53. The van der Waals surface area contributed by atoms with Crippen molar-refractivity contribution in [3.8, 4) is 0 Å². The SMILES string of the molecule is C[C@@H](CC(I)C(N)=O)C(=O)O. The average Bonchev–Trinajstić information content (AvgIpc) is 1.87. The molecule has 1 unspecified atom stereocenters. The number of carbonyl (C=O) groups is 2. The molecule has 0 aromatic rings. The van der Waals surface area contributed by atoms with E-state index in [4.69, 9.17) is 10.8 Å². The van der Waals surface area contributed by atoms with Gasteiger partial charge in [-0.05, 0) is 6.42 Å². The summed E-state index contributed by atoms with van der Waals surface area (Å²) < 4.78 is -0.390. The zero-order valence-corrected chi connectivity index (χ0v) is 8.24. The van der Waals surface area contributed by atoms with Crippen molar-refractivity contribution >= 4 is 34.5 Å². The molecule has 2 atom stereocenters. The summed E-state index contributed by atoms with van der Waals surface area (Å²) in [5.41, 5.74) is 4.95. The quantitative estimate of drug-likeness (QED) is 0.573. The molecule has 0 aromatic heterocycles. The molecule has 0 bridgehead atoms. The van der Waals surface area contributed by atoms with Crippen LogP contribution in [0.25, 0.3) is 0 Å². The lowest BCUT2D eigenvalue weighted by atomic mass is 10.1. The number of aliphatic carboxylic acids is 1. The predicted octanol–water partition coefficient (Wildman–Crippen LogP) is 0.386.